The molecule has 2 aromatic rings. The third-order valence-corrected chi connectivity index (χ3v) is 3.74. The molecule has 1 aliphatic rings. The average molecular weight is 241 g/mol. The Morgan fingerprint density at radius 1 is 1.28 bits per heavy atom. The van der Waals surface area contributed by atoms with Crippen molar-refractivity contribution in [1.82, 2.24) is 10.2 Å². The molecule has 0 radical (unpaired) electrons. The molecule has 0 spiro atoms. The van der Waals surface area contributed by atoms with E-state index in [2.05, 4.69) is 46.7 Å². The normalized spacial score (nSPS) is 23.2. The Hall–Kier alpha value is -1.77. The molecule has 1 aliphatic carbocycles. The number of aromatic amines is 1. The Labute approximate surface area is 108 Å². The highest BCUT2D eigenvalue weighted by atomic mass is 15.1. The summed E-state index contributed by atoms with van der Waals surface area (Å²) in [5.41, 5.74) is 3.46. The predicted octanol–water partition coefficient (Wildman–Crippen LogP) is 3.68. The highest BCUT2D eigenvalue weighted by Gasteiger charge is 2.20. The van der Waals surface area contributed by atoms with Gasteiger partial charge >= 0.3 is 0 Å². The van der Waals surface area contributed by atoms with Crippen LogP contribution >= 0.6 is 0 Å². The number of anilines is 1. The Morgan fingerprint density at radius 3 is 2.94 bits per heavy atom. The first-order chi connectivity index (χ1) is 8.81. The molecule has 94 valence electrons. The highest BCUT2D eigenvalue weighted by Crippen LogP contribution is 2.28. The Kier molecular flexibility index (Phi) is 3.05. The summed E-state index contributed by atoms with van der Waals surface area (Å²) in [6.07, 6.45) is 5.70. The summed E-state index contributed by atoms with van der Waals surface area (Å²) >= 11 is 0. The number of benzene rings is 1. The van der Waals surface area contributed by atoms with Crippen molar-refractivity contribution in [2.24, 2.45) is 5.92 Å². The van der Waals surface area contributed by atoms with Gasteiger partial charge in [-0.25, -0.2) is 0 Å². The smallest absolute Gasteiger partial charge is 0.0650 e. The minimum Gasteiger partial charge on any atom is -0.382 e. The summed E-state index contributed by atoms with van der Waals surface area (Å²) in [6, 6.07) is 11.2. The van der Waals surface area contributed by atoms with Crippen molar-refractivity contribution in [2.45, 2.75) is 32.2 Å². The number of hydrogen-bond donors (Lipinski definition) is 2. The van der Waals surface area contributed by atoms with Crippen molar-refractivity contribution in [3.05, 3.63) is 36.5 Å². The molecule has 18 heavy (non-hydrogen) atoms. The molecule has 1 heterocycles. The van der Waals surface area contributed by atoms with Gasteiger partial charge in [-0.3, -0.25) is 5.10 Å². The van der Waals surface area contributed by atoms with Gasteiger partial charge in [-0.15, -0.1) is 0 Å². The van der Waals surface area contributed by atoms with Crippen molar-refractivity contribution in [2.75, 3.05) is 5.32 Å². The number of H-pyrrole nitrogens is 1. The van der Waals surface area contributed by atoms with Gasteiger partial charge in [0.15, 0.2) is 0 Å². The molecule has 2 unspecified atom stereocenters. The molecule has 1 aromatic heterocycles. The molecule has 0 aliphatic heterocycles. The third kappa shape index (κ3) is 2.40. The minimum atomic E-state index is 0.636. The van der Waals surface area contributed by atoms with Crippen LogP contribution in [-0.4, -0.2) is 16.2 Å². The van der Waals surface area contributed by atoms with Gasteiger partial charge in [0.2, 0.25) is 0 Å². The van der Waals surface area contributed by atoms with E-state index in [1.54, 1.807) is 6.20 Å². The fourth-order valence-electron chi connectivity index (χ4n) is 2.77. The number of nitrogens with zero attached hydrogens (tertiary/aromatic N) is 1. The van der Waals surface area contributed by atoms with E-state index in [1.165, 1.54) is 30.5 Å². The van der Waals surface area contributed by atoms with Crippen molar-refractivity contribution in [3.8, 4) is 11.3 Å². The van der Waals surface area contributed by atoms with Crippen LogP contribution in [0.4, 0.5) is 5.69 Å². The summed E-state index contributed by atoms with van der Waals surface area (Å²) in [6.45, 7) is 2.34. The van der Waals surface area contributed by atoms with E-state index in [0.717, 1.165) is 11.6 Å². The van der Waals surface area contributed by atoms with Crippen LogP contribution < -0.4 is 5.32 Å². The van der Waals surface area contributed by atoms with Crippen LogP contribution in [0.25, 0.3) is 11.3 Å². The van der Waals surface area contributed by atoms with Crippen molar-refractivity contribution in [3.63, 3.8) is 0 Å². The monoisotopic (exact) mass is 241 g/mol. The first-order valence-corrected chi connectivity index (χ1v) is 6.67. The quantitative estimate of drug-likeness (QED) is 0.860. The lowest BCUT2D eigenvalue weighted by atomic mass is 10.1. The lowest BCUT2D eigenvalue weighted by molar-refractivity contribution is 0.602. The van der Waals surface area contributed by atoms with Gasteiger partial charge in [0.25, 0.3) is 0 Å². The van der Waals surface area contributed by atoms with E-state index >= 15 is 0 Å². The fraction of sp³-hybridized carbons (Fsp3) is 0.400. The molecule has 2 N–H and O–H groups in total. The zero-order valence-electron chi connectivity index (χ0n) is 10.7. The lowest BCUT2D eigenvalue weighted by Gasteiger charge is -2.14. The summed E-state index contributed by atoms with van der Waals surface area (Å²) in [5.74, 6) is 0.860. The summed E-state index contributed by atoms with van der Waals surface area (Å²) in [5, 5.41) is 10.6. The molecule has 0 saturated heterocycles. The maximum atomic E-state index is 4.00. The van der Waals surface area contributed by atoms with Crippen LogP contribution in [-0.2, 0) is 0 Å². The van der Waals surface area contributed by atoms with Gasteiger partial charge in [-0.1, -0.05) is 19.1 Å². The topological polar surface area (TPSA) is 40.7 Å². The first kappa shape index (κ1) is 11.3. The zero-order valence-corrected chi connectivity index (χ0v) is 10.7. The lowest BCUT2D eigenvalue weighted by Crippen LogP contribution is -2.15. The van der Waals surface area contributed by atoms with Crippen LogP contribution in [0.15, 0.2) is 36.5 Å². The Bertz CT molecular complexity index is 504. The molecule has 3 nitrogen and oxygen atoms in total. The molecule has 1 fully saturated rings. The summed E-state index contributed by atoms with van der Waals surface area (Å²) < 4.78 is 0. The zero-order chi connectivity index (χ0) is 12.4. The second-order valence-electron chi connectivity index (χ2n) is 5.31. The molecular weight excluding hydrogens is 222 g/mol. The van der Waals surface area contributed by atoms with Gasteiger partial charge in [-0.05, 0) is 43.4 Å². The van der Waals surface area contributed by atoms with Crippen molar-refractivity contribution < 1.29 is 0 Å². The first-order valence-electron chi connectivity index (χ1n) is 6.67. The van der Waals surface area contributed by atoms with Gasteiger partial charge in [0, 0.05) is 23.5 Å². The second-order valence-corrected chi connectivity index (χ2v) is 5.31. The Morgan fingerprint density at radius 2 is 2.22 bits per heavy atom. The molecular formula is C15H19N3. The highest BCUT2D eigenvalue weighted by molar-refractivity contribution is 5.64. The van der Waals surface area contributed by atoms with Crippen LogP contribution in [0.3, 0.4) is 0 Å². The minimum absolute atomic E-state index is 0.636. The van der Waals surface area contributed by atoms with Gasteiger partial charge in [0.05, 0.1) is 5.69 Å². The molecule has 3 heteroatoms. The van der Waals surface area contributed by atoms with Crippen LogP contribution in [0, 0.1) is 5.92 Å². The number of hydrogen-bond acceptors (Lipinski definition) is 2. The van der Waals surface area contributed by atoms with Gasteiger partial charge in [0.1, 0.15) is 0 Å². The predicted molar refractivity (Wildman–Crippen MR) is 74.4 cm³/mol. The van der Waals surface area contributed by atoms with E-state index in [1.807, 2.05) is 6.07 Å². The number of nitrogens with one attached hydrogen (secondary N) is 2. The fourth-order valence-corrected chi connectivity index (χ4v) is 2.77. The van der Waals surface area contributed by atoms with E-state index in [4.69, 9.17) is 0 Å². The van der Waals surface area contributed by atoms with Crippen molar-refractivity contribution >= 4 is 5.69 Å². The van der Waals surface area contributed by atoms with Crippen LogP contribution in [0.2, 0.25) is 0 Å². The maximum Gasteiger partial charge on any atom is 0.0650 e. The SMILES string of the molecule is CC1CCC(Nc2cccc(-c3ccn[nH]3)c2)C1. The molecule has 1 aromatic carbocycles. The van der Waals surface area contributed by atoms with E-state index in [0.29, 0.717) is 6.04 Å². The summed E-state index contributed by atoms with van der Waals surface area (Å²) in [7, 11) is 0. The molecule has 0 amide bonds. The van der Waals surface area contributed by atoms with Crippen LogP contribution in [0.5, 0.6) is 0 Å². The third-order valence-electron chi connectivity index (χ3n) is 3.74. The Balaban J connectivity index is 1.75. The van der Waals surface area contributed by atoms with E-state index < -0.39 is 0 Å². The van der Waals surface area contributed by atoms with Crippen molar-refractivity contribution in [1.29, 1.82) is 0 Å². The number of aromatic nitrogens is 2. The second kappa shape index (κ2) is 4.84. The average Bonchev–Trinajstić information content (AvgIpc) is 3.01. The largest absolute Gasteiger partial charge is 0.382 e. The molecule has 1 saturated carbocycles. The van der Waals surface area contributed by atoms with E-state index in [-0.39, 0.29) is 0 Å². The maximum absolute atomic E-state index is 4.00. The van der Waals surface area contributed by atoms with E-state index in [9.17, 15) is 0 Å². The molecule has 3 rings (SSSR count). The molecule has 2 atom stereocenters. The molecule has 0 bridgehead atoms. The standard InChI is InChI=1S/C15H19N3/c1-11-5-6-14(9-11)17-13-4-2-3-12(10-13)15-7-8-16-18-15/h2-4,7-8,10-11,14,17H,5-6,9H2,1H3,(H,16,18). The van der Waals surface area contributed by atoms with Crippen LogP contribution in [0.1, 0.15) is 26.2 Å². The number of rotatable bonds is 3. The van der Waals surface area contributed by atoms with Gasteiger partial charge in [-0.2, -0.15) is 5.10 Å². The van der Waals surface area contributed by atoms with Gasteiger partial charge < -0.3 is 5.32 Å². The summed E-state index contributed by atoms with van der Waals surface area (Å²) in [4.78, 5) is 0.